The molecular formula is C17H24O5. The van der Waals surface area contributed by atoms with Crippen molar-refractivity contribution in [3.8, 4) is 0 Å². The summed E-state index contributed by atoms with van der Waals surface area (Å²) < 4.78 is 10.2. The highest BCUT2D eigenvalue weighted by Gasteiger charge is 2.65. The summed E-state index contributed by atoms with van der Waals surface area (Å²) in [6, 6.07) is 0. The summed E-state index contributed by atoms with van der Waals surface area (Å²) in [5.74, 6) is 0.0337. The van der Waals surface area contributed by atoms with Crippen LogP contribution in [0.4, 0.5) is 0 Å². The van der Waals surface area contributed by atoms with Crippen LogP contribution in [0.25, 0.3) is 0 Å². The van der Waals surface area contributed by atoms with Gasteiger partial charge in [-0.15, -0.1) is 0 Å². The molecule has 22 heavy (non-hydrogen) atoms. The molecule has 5 heteroatoms. The predicted octanol–water partition coefficient (Wildman–Crippen LogP) is 1.84. The van der Waals surface area contributed by atoms with Crippen molar-refractivity contribution in [2.45, 2.75) is 44.6 Å². The molecule has 0 aromatic rings. The van der Waals surface area contributed by atoms with Gasteiger partial charge < -0.3 is 14.6 Å². The van der Waals surface area contributed by atoms with Crippen LogP contribution >= 0.6 is 0 Å². The average molecular weight is 308 g/mol. The van der Waals surface area contributed by atoms with E-state index in [4.69, 9.17) is 9.47 Å². The minimum absolute atomic E-state index is 0.0399. The molecule has 4 fully saturated rings. The lowest BCUT2D eigenvalue weighted by atomic mass is 9.43. The normalized spacial score (nSPS) is 42.0. The minimum atomic E-state index is -0.710. The standard InChI is InChI=1S/C17H24O5/c1-3-14(18)21-4-5-22-15(19)16-7-12-6-13(8-16)10-17(20,9-12)11(16)2/h3,11-13,20H,1,4-10H2,2H3. The van der Waals surface area contributed by atoms with Crippen LogP contribution in [0.15, 0.2) is 12.7 Å². The maximum absolute atomic E-state index is 12.7. The Balaban J connectivity index is 1.64. The lowest BCUT2D eigenvalue weighted by Crippen LogP contribution is -2.64. The van der Waals surface area contributed by atoms with Crippen LogP contribution in [0.3, 0.4) is 0 Å². The van der Waals surface area contributed by atoms with Gasteiger partial charge in [0.25, 0.3) is 0 Å². The molecule has 0 heterocycles. The van der Waals surface area contributed by atoms with Gasteiger partial charge in [0.15, 0.2) is 0 Å². The largest absolute Gasteiger partial charge is 0.462 e. The highest BCUT2D eigenvalue weighted by Crippen LogP contribution is 2.64. The van der Waals surface area contributed by atoms with Gasteiger partial charge in [0.1, 0.15) is 13.2 Å². The first-order chi connectivity index (χ1) is 10.4. The number of rotatable bonds is 5. The average Bonchev–Trinajstić information content (AvgIpc) is 2.47. The summed E-state index contributed by atoms with van der Waals surface area (Å²) in [5.41, 5.74) is -1.26. The lowest BCUT2D eigenvalue weighted by Gasteiger charge is -2.62. The Labute approximate surface area is 130 Å². The quantitative estimate of drug-likeness (QED) is 0.476. The summed E-state index contributed by atoms with van der Waals surface area (Å²) in [5, 5.41) is 10.9. The molecular weight excluding hydrogens is 284 g/mol. The van der Waals surface area contributed by atoms with E-state index < -0.39 is 17.0 Å². The van der Waals surface area contributed by atoms with E-state index in [1.807, 2.05) is 6.92 Å². The number of aliphatic hydroxyl groups is 1. The van der Waals surface area contributed by atoms with Gasteiger partial charge in [-0.1, -0.05) is 13.5 Å². The van der Waals surface area contributed by atoms with Gasteiger partial charge >= 0.3 is 11.9 Å². The van der Waals surface area contributed by atoms with Gasteiger partial charge in [-0.25, -0.2) is 4.79 Å². The van der Waals surface area contributed by atoms with Gasteiger partial charge in [-0.3, -0.25) is 4.79 Å². The molecule has 0 aromatic carbocycles. The van der Waals surface area contributed by atoms with Crippen LogP contribution in [-0.2, 0) is 19.1 Å². The van der Waals surface area contributed by atoms with Gasteiger partial charge in [0.2, 0.25) is 0 Å². The number of carbonyl (C=O) groups excluding carboxylic acids is 2. The molecule has 122 valence electrons. The van der Waals surface area contributed by atoms with Gasteiger partial charge in [0, 0.05) is 12.0 Å². The molecule has 0 amide bonds. The van der Waals surface area contributed by atoms with Gasteiger partial charge in [0.05, 0.1) is 11.0 Å². The Morgan fingerprint density at radius 2 is 1.77 bits per heavy atom. The van der Waals surface area contributed by atoms with Crippen LogP contribution in [0, 0.1) is 23.2 Å². The number of hydrogen-bond donors (Lipinski definition) is 1. The highest BCUT2D eigenvalue weighted by molar-refractivity contribution is 5.81. The Kier molecular flexibility index (Phi) is 3.79. The first-order valence-electron chi connectivity index (χ1n) is 8.08. The maximum atomic E-state index is 12.7. The van der Waals surface area contributed by atoms with E-state index in [-0.39, 0.29) is 25.1 Å². The lowest BCUT2D eigenvalue weighted by molar-refractivity contribution is -0.223. The third kappa shape index (κ3) is 2.35. The fourth-order valence-corrected chi connectivity index (χ4v) is 5.19. The molecule has 5 nitrogen and oxygen atoms in total. The van der Waals surface area contributed by atoms with Gasteiger partial charge in [-0.05, 0) is 43.9 Å². The molecule has 4 rings (SSSR count). The van der Waals surface area contributed by atoms with E-state index in [1.54, 1.807) is 0 Å². The van der Waals surface area contributed by atoms with E-state index in [2.05, 4.69) is 6.58 Å². The molecule has 3 atom stereocenters. The zero-order valence-corrected chi connectivity index (χ0v) is 13.0. The molecule has 4 aliphatic rings. The van der Waals surface area contributed by atoms with Crippen LogP contribution in [0.1, 0.15) is 39.0 Å². The van der Waals surface area contributed by atoms with Crippen LogP contribution in [0.2, 0.25) is 0 Å². The topological polar surface area (TPSA) is 72.8 Å². The monoisotopic (exact) mass is 308 g/mol. The summed E-state index contributed by atoms with van der Waals surface area (Å²) >= 11 is 0. The summed E-state index contributed by atoms with van der Waals surface area (Å²) in [6.45, 7) is 5.39. The predicted molar refractivity (Wildman–Crippen MR) is 78.7 cm³/mol. The molecule has 3 unspecified atom stereocenters. The molecule has 4 saturated carbocycles. The maximum Gasteiger partial charge on any atom is 0.330 e. The zero-order chi connectivity index (χ0) is 16.0. The van der Waals surface area contributed by atoms with E-state index >= 15 is 0 Å². The number of esters is 2. The Morgan fingerprint density at radius 3 is 2.36 bits per heavy atom. The van der Waals surface area contributed by atoms with E-state index in [0.29, 0.717) is 11.8 Å². The molecule has 0 aromatic heterocycles. The Bertz CT molecular complexity index is 483. The van der Waals surface area contributed by atoms with Crippen molar-refractivity contribution < 1.29 is 24.2 Å². The van der Waals surface area contributed by atoms with Crippen LogP contribution < -0.4 is 0 Å². The summed E-state index contributed by atoms with van der Waals surface area (Å²) in [6.07, 6.45) is 5.48. The molecule has 0 saturated heterocycles. The molecule has 0 radical (unpaired) electrons. The van der Waals surface area contributed by atoms with Crippen molar-refractivity contribution in [1.29, 1.82) is 0 Å². The Hall–Kier alpha value is -1.36. The SMILES string of the molecule is C=CC(=O)OCCOC(=O)C12CC3CC(CC(O)(C3)C1C)C2. The second-order valence-corrected chi connectivity index (χ2v) is 7.27. The van der Waals surface area contributed by atoms with Crippen molar-refractivity contribution in [3.05, 3.63) is 12.7 Å². The van der Waals surface area contributed by atoms with Crippen molar-refractivity contribution in [2.75, 3.05) is 13.2 Å². The molecule has 0 spiro atoms. The van der Waals surface area contributed by atoms with Crippen LogP contribution in [-0.4, -0.2) is 35.9 Å². The second kappa shape index (κ2) is 5.37. The van der Waals surface area contributed by atoms with Gasteiger partial charge in [-0.2, -0.15) is 0 Å². The van der Waals surface area contributed by atoms with Crippen molar-refractivity contribution in [2.24, 2.45) is 23.2 Å². The van der Waals surface area contributed by atoms with E-state index in [9.17, 15) is 14.7 Å². The summed E-state index contributed by atoms with van der Waals surface area (Å²) in [7, 11) is 0. The molecule has 4 bridgehead atoms. The number of ether oxygens (including phenoxy) is 2. The van der Waals surface area contributed by atoms with Crippen molar-refractivity contribution >= 4 is 11.9 Å². The van der Waals surface area contributed by atoms with Crippen LogP contribution in [0.5, 0.6) is 0 Å². The van der Waals surface area contributed by atoms with Crippen molar-refractivity contribution in [1.82, 2.24) is 0 Å². The highest BCUT2D eigenvalue weighted by atomic mass is 16.6. The Morgan fingerprint density at radius 1 is 1.18 bits per heavy atom. The molecule has 1 N–H and O–H groups in total. The minimum Gasteiger partial charge on any atom is -0.462 e. The zero-order valence-electron chi connectivity index (χ0n) is 13.0. The molecule has 0 aliphatic heterocycles. The first-order valence-corrected chi connectivity index (χ1v) is 8.08. The van der Waals surface area contributed by atoms with Crippen molar-refractivity contribution in [3.63, 3.8) is 0 Å². The smallest absolute Gasteiger partial charge is 0.330 e. The fourth-order valence-electron chi connectivity index (χ4n) is 5.19. The molecule has 4 aliphatic carbocycles. The van der Waals surface area contributed by atoms with E-state index in [1.165, 1.54) is 0 Å². The third-order valence-electron chi connectivity index (χ3n) is 6.03. The first kappa shape index (κ1) is 15.5. The fraction of sp³-hybridized carbons (Fsp3) is 0.765. The third-order valence-corrected chi connectivity index (χ3v) is 6.03. The summed E-state index contributed by atoms with van der Waals surface area (Å²) in [4.78, 5) is 23.6. The number of carbonyl (C=O) groups is 2. The van der Waals surface area contributed by atoms with E-state index in [0.717, 1.165) is 38.2 Å². The number of hydrogen-bond acceptors (Lipinski definition) is 5. The second-order valence-electron chi connectivity index (χ2n) is 7.27.